The predicted molar refractivity (Wildman–Crippen MR) is 64.6 cm³/mol. The topological polar surface area (TPSA) is 40.5 Å². The third-order valence-corrected chi connectivity index (χ3v) is 1.93. The van der Waals surface area contributed by atoms with Crippen LogP contribution in [0, 0.1) is 0 Å². The zero-order valence-corrected chi connectivity index (χ0v) is 12.8. The molecule has 88 valence electrons. The van der Waals surface area contributed by atoms with Crippen LogP contribution >= 0.6 is 40.2 Å². The van der Waals surface area contributed by atoms with Crippen molar-refractivity contribution < 1.29 is 14.7 Å². The monoisotopic (exact) mass is 301 g/mol. The maximum absolute atomic E-state index is 9.06. The summed E-state index contributed by atoms with van der Waals surface area (Å²) in [6.45, 7) is 3.32. The molecular weight excluding hydrogens is 287 g/mol. The molecule has 8 heteroatoms. The lowest BCUT2D eigenvalue weighted by atomic mass is 10.4. The minimum absolute atomic E-state index is 0.222. The van der Waals surface area contributed by atoms with Crippen LogP contribution in [-0.2, 0) is 0 Å². The van der Waals surface area contributed by atoms with Crippen LogP contribution < -0.4 is 0 Å². The van der Waals surface area contributed by atoms with Crippen molar-refractivity contribution in [3.8, 4) is 0 Å². The van der Waals surface area contributed by atoms with E-state index in [0.29, 0.717) is 0 Å². The largest absolute Gasteiger partial charge is 0.564 e. The van der Waals surface area contributed by atoms with Crippen LogP contribution in [0.2, 0.25) is 0 Å². The van der Waals surface area contributed by atoms with E-state index in [0.717, 1.165) is 0 Å². The summed E-state index contributed by atoms with van der Waals surface area (Å²) in [6, 6.07) is 0. The van der Waals surface area contributed by atoms with Crippen molar-refractivity contribution in [2.75, 3.05) is 14.1 Å². The molecule has 2 unspecified atom stereocenters. The summed E-state index contributed by atoms with van der Waals surface area (Å²) < 4.78 is 0.222. The molecule has 0 radical (unpaired) electrons. The average molecular weight is 303 g/mol. The molecule has 0 heterocycles. The molecule has 0 saturated carbocycles. The van der Waals surface area contributed by atoms with E-state index >= 15 is 0 Å². The molecule has 0 aromatic rings. The number of aliphatic hydroxyl groups excluding tert-OH is 2. The summed E-state index contributed by atoms with van der Waals surface area (Å²) in [5, 5.41) is 18.1. The minimum Gasteiger partial charge on any atom is -0.391 e. The first-order valence-corrected chi connectivity index (χ1v) is 10.9. The number of hydrogen-bond acceptors (Lipinski definition) is 2. The Bertz CT molecular complexity index is 144. The van der Waals surface area contributed by atoms with E-state index in [1.807, 2.05) is 0 Å². The van der Waals surface area contributed by atoms with Gasteiger partial charge in [-0.1, -0.05) is 0 Å². The summed E-state index contributed by atoms with van der Waals surface area (Å²) in [7, 11) is 20.6. The molecule has 0 bridgehead atoms. The van der Waals surface area contributed by atoms with Crippen molar-refractivity contribution in [3.05, 3.63) is 0 Å². The Morgan fingerprint density at radius 2 is 1.07 bits per heavy atom. The summed E-state index contributed by atoms with van der Waals surface area (Å²) in [6.07, 6.45) is -1.05. The average Bonchev–Trinajstić information content (AvgIpc) is 1.82. The fraction of sp³-hybridized carbons (Fsp3) is 1.00. The molecule has 0 rings (SSSR count). The predicted octanol–water partition coefficient (Wildman–Crippen LogP) is 2.12. The normalized spacial score (nSPS) is 16.7. The zero-order chi connectivity index (χ0) is 12.2. The van der Waals surface area contributed by atoms with Gasteiger partial charge in [0, 0.05) is 13.8 Å². The van der Waals surface area contributed by atoms with Crippen LogP contribution in [-0.4, -0.2) is 50.6 Å². The molecule has 0 fully saturated rings. The first kappa shape index (κ1) is 18.0. The summed E-state index contributed by atoms with van der Waals surface area (Å²) in [5.41, 5.74) is 0. The Balaban J connectivity index is 0. The number of quaternary nitrogens is 1. The van der Waals surface area contributed by atoms with Crippen LogP contribution in [0.4, 0.5) is 0 Å². The highest BCUT2D eigenvalue weighted by molar-refractivity contribution is 7.81. The van der Waals surface area contributed by atoms with Crippen LogP contribution in [0.1, 0.15) is 13.8 Å². The standard InChI is InChI=1S/C6H16NO2.Al.4ClH/c1-5(8)7(3,4)6(2)9;;;;;/h5-6,8-9H,1-4H3;;4*1H/q+1;+3;;;;/p-4. The van der Waals surface area contributed by atoms with Crippen LogP contribution in [0.15, 0.2) is 0 Å². The van der Waals surface area contributed by atoms with Crippen LogP contribution in [0.5, 0.6) is 0 Å². The molecule has 14 heavy (non-hydrogen) atoms. The second-order valence-corrected chi connectivity index (χ2v) is 16.3. The fourth-order valence-electron chi connectivity index (χ4n) is 0.312. The minimum atomic E-state index is -2.94. The van der Waals surface area contributed by atoms with Gasteiger partial charge in [-0.15, -0.1) is 0 Å². The zero-order valence-electron chi connectivity index (χ0n) is 8.59. The first-order valence-electron chi connectivity index (χ1n) is 3.95. The number of aliphatic hydroxyl groups is 2. The van der Waals surface area contributed by atoms with Crippen molar-refractivity contribution in [2.45, 2.75) is 26.3 Å². The van der Waals surface area contributed by atoms with Gasteiger partial charge >= 0.3 is 9.39 Å². The summed E-state index contributed by atoms with van der Waals surface area (Å²) >= 11 is 0. The van der Waals surface area contributed by atoms with E-state index in [4.69, 9.17) is 50.4 Å². The first-order chi connectivity index (χ1) is 5.89. The van der Waals surface area contributed by atoms with E-state index in [1.165, 1.54) is 0 Å². The third kappa shape index (κ3) is 11.6. The fourth-order valence-corrected chi connectivity index (χ4v) is 0.312. The molecule has 0 amide bonds. The highest BCUT2D eigenvalue weighted by atomic mass is 35.9. The lowest BCUT2D eigenvalue weighted by molar-refractivity contribution is -0.974. The van der Waals surface area contributed by atoms with Gasteiger partial charge in [-0.25, -0.2) is 0 Å². The van der Waals surface area contributed by atoms with Gasteiger partial charge in [0.2, 0.25) is 0 Å². The van der Waals surface area contributed by atoms with Gasteiger partial charge in [-0.2, -0.15) is 0 Å². The van der Waals surface area contributed by atoms with Gasteiger partial charge in [0.1, 0.15) is 0 Å². The van der Waals surface area contributed by atoms with Gasteiger partial charge in [-0.3, -0.25) is 4.48 Å². The Morgan fingerprint density at radius 3 is 1.07 bits per heavy atom. The van der Waals surface area contributed by atoms with Crippen molar-refractivity contribution in [1.29, 1.82) is 0 Å². The van der Waals surface area contributed by atoms with Gasteiger partial charge in [-0.05, 0) is 0 Å². The SMILES string of the molecule is CC(O)[N+](C)(C)C(C)O.[Cl][Al-]([Cl])([Cl])[Cl]. The lowest BCUT2D eigenvalue weighted by Crippen LogP contribution is -2.53. The smallest absolute Gasteiger partial charge is 0.391 e. The molecular formula is C6H16AlCl4NO2. The number of hydrogen-bond donors (Lipinski definition) is 2. The molecule has 2 N–H and O–H groups in total. The lowest BCUT2D eigenvalue weighted by Gasteiger charge is -2.35. The highest BCUT2D eigenvalue weighted by Crippen LogP contribution is 2.23. The quantitative estimate of drug-likeness (QED) is 0.466. The second kappa shape index (κ2) is 7.01. The molecule has 0 aliphatic heterocycles. The molecule has 3 nitrogen and oxygen atoms in total. The summed E-state index contributed by atoms with van der Waals surface area (Å²) in [4.78, 5) is 0. The van der Waals surface area contributed by atoms with Crippen LogP contribution in [0.25, 0.3) is 0 Å². The Hall–Kier alpha value is 1.57. The van der Waals surface area contributed by atoms with Crippen molar-refractivity contribution in [2.24, 2.45) is 0 Å². The Morgan fingerprint density at radius 1 is 0.929 bits per heavy atom. The van der Waals surface area contributed by atoms with Gasteiger partial charge in [0.15, 0.2) is 12.5 Å². The van der Waals surface area contributed by atoms with Crippen molar-refractivity contribution in [3.63, 3.8) is 0 Å². The van der Waals surface area contributed by atoms with Crippen molar-refractivity contribution >= 4 is 49.6 Å². The van der Waals surface area contributed by atoms with Gasteiger partial charge in [0.05, 0.1) is 14.1 Å². The third-order valence-electron chi connectivity index (χ3n) is 1.93. The number of rotatable bonds is 2. The molecule has 0 saturated heterocycles. The molecule has 0 aliphatic carbocycles. The molecule has 0 aliphatic rings. The van der Waals surface area contributed by atoms with E-state index in [-0.39, 0.29) is 4.48 Å². The molecule has 0 spiro atoms. The highest BCUT2D eigenvalue weighted by Gasteiger charge is 2.26. The van der Waals surface area contributed by atoms with Crippen molar-refractivity contribution in [1.82, 2.24) is 0 Å². The Kier molecular flexibility index (Phi) is 8.99. The van der Waals surface area contributed by atoms with Gasteiger partial charge in [0.25, 0.3) is 0 Å². The van der Waals surface area contributed by atoms with Crippen LogP contribution in [0.3, 0.4) is 0 Å². The van der Waals surface area contributed by atoms with E-state index in [2.05, 4.69) is 0 Å². The maximum Gasteiger partial charge on any atom is 0.564 e. The van der Waals surface area contributed by atoms with Gasteiger partial charge < -0.3 is 50.4 Å². The molecule has 2 atom stereocenters. The summed E-state index contributed by atoms with van der Waals surface area (Å²) in [5.74, 6) is 0. The molecule has 0 aromatic carbocycles. The maximum atomic E-state index is 9.06. The van der Waals surface area contributed by atoms with E-state index < -0.39 is 21.8 Å². The number of nitrogens with zero attached hydrogens (tertiary/aromatic N) is 1. The van der Waals surface area contributed by atoms with E-state index in [1.54, 1.807) is 27.9 Å². The van der Waals surface area contributed by atoms with E-state index in [9.17, 15) is 0 Å². The Labute approximate surface area is 104 Å². The number of halogens is 4. The molecule has 0 aromatic heterocycles. The second-order valence-electron chi connectivity index (χ2n) is 3.39.